The first-order chi connectivity index (χ1) is 11.9. The van der Waals surface area contributed by atoms with Gasteiger partial charge in [-0.15, -0.1) is 0 Å². The van der Waals surface area contributed by atoms with Crippen LogP contribution in [0.15, 0.2) is 30.9 Å². The predicted molar refractivity (Wildman–Crippen MR) is 98.6 cm³/mol. The summed E-state index contributed by atoms with van der Waals surface area (Å²) in [7, 11) is 0. The molecular formula is C14H6Cl5N5O. The molecule has 1 N–H and O–H groups in total. The lowest BCUT2D eigenvalue weighted by Crippen LogP contribution is -2.16. The summed E-state index contributed by atoms with van der Waals surface area (Å²) in [5.74, 6) is -0.644. The summed E-state index contributed by atoms with van der Waals surface area (Å²) in [6.45, 7) is 0. The summed E-state index contributed by atoms with van der Waals surface area (Å²) in [6.07, 6.45) is 2.83. The van der Waals surface area contributed by atoms with E-state index in [2.05, 4.69) is 20.4 Å². The molecule has 1 aromatic carbocycles. The van der Waals surface area contributed by atoms with Gasteiger partial charge in [0.15, 0.2) is 0 Å². The molecule has 0 saturated carbocycles. The minimum absolute atomic E-state index is 0.0315. The van der Waals surface area contributed by atoms with Crippen LogP contribution < -0.4 is 5.32 Å². The molecule has 0 spiro atoms. The fraction of sp³-hybridized carbons (Fsp3) is 0. The third-order valence-corrected chi connectivity index (χ3v) is 4.98. The molecule has 6 nitrogen and oxygen atoms in total. The van der Waals surface area contributed by atoms with Crippen LogP contribution in [-0.4, -0.2) is 25.7 Å². The van der Waals surface area contributed by atoms with Crippen LogP contribution in [0.25, 0.3) is 5.69 Å². The van der Waals surface area contributed by atoms with Gasteiger partial charge in [0.2, 0.25) is 0 Å². The Balaban J connectivity index is 2.01. The minimum Gasteiger partial charge on any atom is -0.319 e. The van der Waals surface area contributed by atoms with E-state index in [1.807, 2.05) is 0 Å². The number of rotatable bonds is 3. The molecule has 0 aliphatic heterocycles. The molecule has 3 aromatic rings. The highest BCUT2D eigenvalue weighted by atomic mass is 35.5. The van der Waals surface area contributed by atoms with E-state index in [-0.39, 0.29) is 25.9 Å². The number of amides is 1. The number of pyridine rings is 1. The van der Waals surface area contributed by atoms with Crippen molar-refractivity contribution < 1.29 is 4.79 Å². The van der Waals surface area contributed by atoms with Crippen molar-refractivity contribution in [1.82, 2.24) is 19.7 Å². The maximum atomic E-state index is 12.6. The van der Waals surface area contributed by atoms with Crippen LogP contribution in [0.4, 0.5) is 5.69 Å². The molecule has 0 fully saturated rings. The first kappa shape index (κ1) is 18.2. The summed E-state index contributed by atoms with van der Waals surface area (Å²) in [5, 5.41) is 6.74. The van der Waals surface area contributed by atoms with Gasteiger partial charge in [-0.3, -0.25) is 4.79 Å². The highest BCUT2D eigenvalue weighted by molar-refractivity contribution is 6.52. The Labute approximate surface area is 166 Å². The molecule has 2 aromatic heterocycles. The van der Waals surface area contributed by atoms with Crippen molar-refractivity contribution in [2.75, 3.05) is 5.32 Å². The monoisotopic (exact) mass is 435 g/mol. The van der Waals surface area contributed by atoms with Crippen molar-refractivity contribution in [2.45, 2.75) is 0 Å². The Bertz CT molecular complexity index is 961. The molecule has 0 atom stereocenters. The Hall–Kier alpha value is -1.57. The van der Waals surface area contributed by atoms with Gasteiger partial charge in [-0.05, 0) is 18.2 Å². The average Bonchev–Trinajstić information content (AvgIpc) is 3.10. The Morgan fingerprint density at radius 1 is 1.04 bits per heavy atom. The molecule has 2 heterocycles. The van der Waals surface area contributed by atoms with Crippen LogP contribution in [0.2, 0.25) is 25.2 Å². The second-order valence-corrected chi connectivity index (χ2v) is 6.58. The zero-order chi connectivity index (χ0) is 18.1. The van der Waals surface area contributed by atoms with E-state index in [1.165, 1.54) is 17.3 Å². The van der Waals surface area contributed by atoms with Gasteiger partial charge in [-0.1, -0.05) is 58.0 Å². The van der Waals surface area contributed by atoms with Gasteiger partial charge in [0.25, 0.3) is 5.91 Å². The Morgan fingerprint density at radius 2 is 1.80 bits per heavy atom. The van der Waals surface area contributed by atoms with E-state index in [4.69, 9.17) is 58.0 Å². The topological polar surface area (TPSA) is 72.7 Å². The molecule has 0 aliphatic rings. The predicted octanol–water partition coefficient (Wildman–Crippen LogP) is 5.18. The number of hydrogen-bond acceptors (Lipinski definition) is 4. The lowest BCUT2D eigenvalue weighted by Gasteiger charge is -2.12. The summed E-state index contributed by atoms with van der Waals surface area (Å²) >= 11 is 29.7. The second-order valence-electron chi connectivity index (χ2n) is 4.65. The number of hydrogen-bond donors (Lipinski definition) is 1. The van der Waals surface area contributed by atoms with Crippen LogP contribution in [-0.2, 0) is 0 Å². The standard InChI is InChI=1S/C14H6Cl5N5O/c15-6-1-2-8(24-5-20-4-21-24)7(3-6)22-14(25)12-10(17)9(16)11(18)13(19)23-12/h1-5H,(H,22,25). The largest absolute Gasteiger partial charge is 0.319 e. The highest BCUT2D eigenvalue weighted by Gasteiger charge is 2.21. The molecule has 128 valence electrons. The second kappa shape index (κ2) is 7.35. The minimum atomic E-state index is -0.644. The molecule has 3 rings (SSSR count). The van der Waals surface area contributed by atoms with Gasteiger partial charge in [0.1, 0.15) is 23.5 Å². The zero-order valence-electron chi connectivity index (χ0n) is 12.0. The lowest BCUT2D eigenvalue weighted by atomic mass is 10.2. The van der Waals surface area contributed by atoms with E-state index in [0.717, 1.165) is 0 Å². The molecule has 0 aliphatic carbocycles. The summed E-state index contributed by atoms with van der Waals surface area (Å²) in [5.41, 5.74) is 0.728. The molecule has 0 saturated heterocycles. The van der Waals surface area contributed by atoms with Crippen molar-refractivity contribution in [2.24, 2.45) is 0 Å². The average molecular weight is 438 g/mol. The number of halogens is 5. The highest BCUT2D eigenvalue weighted by Crippen LogP contribution is 2.36. The summed E-state index contributed by atoms with van der Waals surface area (Å²) in [6, 6.07) is 4.86. The number of aromatic nitrogens is 4. The summed E-state index contributed by atoms with van der Waals surface area (Å²) in [4.78, 5) is 20.3. The zero-order valence-corrected chi connectivity index (χ0v) is 15.8. The molecule has 25 heavy (non-hydrogen) atoms. The van der Waals surface area contributed by atoms with Gasteiger partial charge in [0, 0.05) is 5.02 Å². The van der Waals surface area contributed by atoms with Crippen molar-refractivity contribution in [3.8, 4) is 5.69 Å². The van der Waals surface area contributed by atoms with Crippen molar-refractivity contribution in [3.05, 3.63) is 61.8 Å². The van der Waals surface area contributed by atoms with Crippen LogP contribution in [0.5, 0.6) is 0 Å². The van der Waals surface area contributed by atoms with Crippen LogP contribution in [0, 0.1) is 0 Å². The van der Waals surface area contributed by atoms with Crippen molar-refractivity contribution in [1.29, 1.82) is 0 Å². The molecule has 0 bridgehead atoms. The van der Waals surface area contributed by atoms with Gasteiger partial charge < -0.3 is 5.32 Å². The number of anilines is 1. The third-order valence-electron chi connectivity index (χ3n) is 3.07. The quantitative estimate of drug-likeness (QED) is 0.573. The summed E-state index contributed by atoms with van der Waals surface area (Å²) < 4.78 is 1.46. The van der Waals surface area contributed by atoms with Crippen molar-refractivity contribution in [3.63, 3.8) is 0 Å². The number of nitrogens with one attached hydrogen (secondary N) is 1. The fourth-order valence-electron chi connectivity index (χ4n) is 1.96. The number of nitrogens with zero attached hydrogens (tertiary/aromatic N) is 4. The smallest absolute Gasteiger partial charge is 0.275 e. The van der Waals surface area contributed by atoms with Crippen molar-refractivity contribution >= 4 is 69.6 Å². The third kappa shape index (κ3) is 3.68. The maximum absolute atomic E-state index is 12.6. The number of carbonyl (C=O) groups excluding carboxylic acids is 1. The fourth-order valence-corrected chi connectivity index (χ4v) is 2.95. The van der Waals surface area contributed by atoms with E-state index >= 15 is 0 Å². The Morgan fingerprint density at radius 3 is 2.48 bits per heavy atom. The molecule has 11 heteroatoms. The maximum Gasteiger partial charge on any atom is 0.275 e. The lowest BCUT2D eigenvalue weighted by molar-refractivity contribution is 0.102. The normalized spacial score (nSPS) is 10.8. The first-order valence-electron chi connectivity index (χ1n) is 6.54. The molecule has 0 radical (unpaired) electrons. The SMILES string of the molecule is O=C(Nc1cc(Cl)ccc1-n1cncn1)c1nc(Cl)c(Cl)c(Cl)c1Cl. The van der Waals surface area contributed by atoms with Crippen LogP contribution in [0.3, 0.4) is 0 Å². The van der Waals surface area contributed by atoms with Crippen LogP contribution in [0.1, 0.15) is 10.5 Å². The number of carbonyl (C=O) groups is 1. The van der Waals surface area contributed by atoms with Gasteiger partial charge in [-0.2, -0.15) is 5.10 Å². The van der Waals surface area contributed by atoms with E-state index in [0.29, 0.717) is 16.4 Å². The molecule has 1 amide bonds. The van der Waals surface area contributed by atoms with Gasteiger partial charge >= 0.3 is 0 Å². The first-order valence-corrected chi connectivity index (χ1v) is 8.43. The van der Waals surface area contributed by atoms with E-state index in [1.54, 1.807) is 18.2 Å². The van der Waals surface area contributed by atoms with E-state index < -0.39 is 5.91 Å². The van der Waals surface area contributed by atoms with Crippen LogP contribution >= 0.6 is 58.0 Å². The molecule has 0 unspecified atom stereocenters. The van der Waals surface area contributed by atoms with E-state index in [9.17, 15) is 4.79 Å². The number of benzene rings is 1. The van der Waals surface area contributed by atoms with Gasteiger partial charge in [-0.25, -0.2) is 14.6 Å². The van der Waals surface area contributed by atoms with Gasteiger partial charge in [0.05, 0.1) is 26.4 Å². The Kier molecular flexibility index (Phi) is 5.36. The molecular weight excluding hydrogens is 431 g/mol.